The van der Waals surface area contributed by atoms with Crippen molar-refractivity contribution in [2.45, 2.75) is 25.8 Å². The van der Waals surface area contributed by atoms with E-state index >= 15 is 0 Å². The van der Waals surface area contributed by atoms with Crippen LogP contribution in [0.3, 0.4) is 0 Å². The van der Waals surface area contributed by atoms with Gasteiger partial charge in [-0.05, 0) is 30.5 Å². The third-order valence-corrected chi connectivity index (χ3v) is 3.78. The summed E-state index contributed by atoms with van der Waals surface area (Å²) in [4.78, 5) is 23.9. The van der Waals surface area contributed by atoms with Crippen LogP contribution in [0.15, 0.2) is 28.9 Å². The summed E-state index contributed by atoms with van der Waals surface area (Å²) >= 11 is 0. The van der Waals surface area contributed by atoms with Crippen molar-refractivity contribution < 1.29 is 19.2 Å². The lowest BCUT2D eigenvalue weighted by atomic mass is 10.1. The van der Waals surface area contributed by atoms with Gasteiger partial charge in [0.05, 0.1) is 12.1 Å². The van der Waals surface area contributed by atoms with Crippen LogP contribution < -0.4 is 5.32 Å². The van der Waals surface area contributed by atoms with Crippen LogP contribution >= 0.6 is 0 Å². The molecule has 1 atom stereocenters. The van der Waals surface area contributed by atoms with E-state index < -0.39 is 11.9 Å². The van der Waals surface area contributed by atoms with Crippen LogP contribution in [0.25, 0.3) is 11.0 Å². The Morgan fingerprint density at radius 1 is 1.52 bits per heavy atom. The number of fused-ring (bicyclic) bond motifs is 1. The molecule has 21 heavy (non-hydrogen) atoms. The second kappa shape index (κ2) is 5.21. The summed E-state index contributed by atoms with van der Waals surface area (Å²) in [6.07, 6.45) is 2.66. The molecule has 6 heteroatoms. The maximum absolute atomic E-state index is 12.3. The summed E-state index contributed by atoms with van der Waals surface area (Å²) in [6, 6.07) is 5.03. The van der Waals surface area contributed by atoms with Gasteiger partial charge in [0.25, 0.3) is 11.8 Å². The Balaban J connectivity index is 1.86. The Labute approximate surface area is 121 Å². The lowest BCUT2D eigenvalue weighted by Crippen LogP contribution is -2.40. The maximum Gasteiger partial charge on any atom is 0.268 e. The third kappa shape index (κ3) is 2.38. The number of hydrogen-bond acceptors (Lipinski definition) is 4. The topological polar surface area (TPSA) is 82.8 Å². The zero-order valence-electron chi connectivity index (χ0n) is 11.6. The van der Waals surface area contributed by atoms with Gasteiger partial charge in [0.15, 0.2) is 0 Å². The first-order valence-corrected chi connectivity index (χ1v) is 6.91. The van der Waals surface area contributed by atoms with Gasteiger partial charge < -0.3 is 9.73 Å². The molecule has 1 fully saturated rings. The van der Waals surface area contributed by atoms with Gasteiger partial charge in [0.2, 0.25) is 0 Å². The third-order valence-electron chi connectivity index (χ3n) is 3.78. The largest absolute Gasteiger partial charge is 0.463 e. The molecule has 0 aliphatic carbocycles. The zero-order valence-corrected chi connectivity index (χ0v) is 11.6. The second-order valence-electron chi connectivity index (χ2n) is 5.11. The number of hydrogen-bond donors (Lipinski definition) is 2. The Kier molecular flexibility index (Phi) is 3.39. The number of carbonyl (C=O) groups excluding carboxylic acids is 2. The maximum atomic E-state index is 12.3. The number of hydroxylamine groups is 2. The number of aryl methyl sites for hydroxylation is 1. The number of benzene rings is 1. The van der Waals surface area contributed by atoms with Crippen LogP contribution in [0.2, 0.25) is 0 Å². The fraction of sp³-hybridized carbons (Fsp3) is 0.333. The minimum atomic E-state index is -0.679. The smallest absolute Gasteiger partial charge is 0.268 e. The van der Waals surface area contributed by atoms with Crippen molar-refractivity contribution in [3.63, 3.8) is 0 Å². The van der Waals surface area contributed by atoms with Crippen molar-refractivity contribution in [2.75, 3.05) is 6.54 Å². The molecular weight excluding hydrogens is 272 g/mol. The number of rotatable bonds is 3. The SMILES string of the molecule is CCc1ccc2occ(C(=O)NC3CCN(O)C3=O)c2c1. The highest BCUT2D eigenvalue weighted by Gasteiger charge is 2.32. The molecule has 2 heterocycles. The standard InChI is InChI=1S/C15H16N2O4/c1-2-9-3-4-13-10(7-9)11(8-21-13)14(18)16-12-5-6-17(20)15(12)19/h3-4,7-8,12,20H,2,5-6H2,1H3,(H,16,18). The average molecular weight is 288 g/mol. The van der Waals surface area contributed by atoms with Gasteiger partial charge in [0.1, 0.15) is 17.9 Å². The Morgan fingerprint density at radius 2 is 2.33 bits per heavy atom. The van der Waals surface area contributed by atoms with E-state index in [1.165, 1.54) is 6.26 Å². The van der Waals surface area contributed by atoms with Crippen molar-refractivity contribution in [1.29, 1.82) is 0 Å². The monoisotopic (exact) mass is 288 g/mol. The van der Waals surface area contributed by atoms with Crippen LogP contribution in [-0.2, 0) is 11.2 Å². The van der Waals surface area contributed by atoms with Gasteiger partial charge in [-0.2, -0.15) is 0 Å². The summed E-state index contributed by atoms with van der Waals surface area (Å²) in [5.74, 6) is -0.846. The summed E-state index contributed by atoms with van der Waals surface area (Å²) in [7, 11) is 0. The number of furan rings is 1. The highest BCUT2D eigenvalue weighted by Crippen LogP contribution is 2.23. The fourth-order valence-corrected chi connectivity index (χ4v) is 2.51. The molecule has 1 saturated heterocycles. The molecule has 1 aromatic carbocycles. The fourth-order valence-electron chi connectivity index (χ4n) is 2.51. The number of carbonyl (C=O) groups is 2. The van der Waals surface area contributed by atoms with Crippen LogP contribution in [-0.4, -0.2) is 34.7 Å². The molecule has 0 spiro atoms. The molecule has 0 radical (unpaired) electrons. The molecule has 2 aromatic rings. The van der Waals surface area contributed by atoms with E-state index in [-0.39, 0.29) is 12.5 Å². The molecule has 110 valence electrons. The first kappa shape index (κ1) is 13.6. The molecule has 1 aromatic heterocycles. The molecule has 0 bridgehead atoms. The van der Waals surface area contributed by atoms with Gasteiger partial charge in [-0.3, -0.25) is 14.8 Å². The van der Waals surface area contributed by atoms with Crippen molar-refractivity contribution in [2.24, 2.45) is 0 Å². The molecule has 1 aliphatic heterocycles. The minimum absolute atomic E-state index is 0.232. The molecule has 6 nitrogen and oxygen atoms in total. The van der Waals surface area contributed by atoms with E-state index in [1.807, 2.05) is 25.1 Å². The average Bonchev–Trinajstić information content (AvgIpc) is 3.05. The van der Waals surface area contributed by atoms with Crippen molar-refractivity contribution in [3.8, 4) is 0 Å². The van der Waals surface area contributed by atoms with Crippen molar-refractivity contribution in [3.05, 3.63) is 35.6 Å². The van der Waals surface area contributed by atoms with E-state index in [0.717, 1.165) is 17.4 Å². The number of amides is 2. The molecule has 3 rings (SSSR count). The Bertz CT molecular complexity index is 707. The summed E-state index contributed by atoms with van der Waals surface area (Å²) in [5.41, 5.74) is 2.15. The number of nitrogens with zero attached hydrogens (tertiary/aromatic N) is 1. The van der Waals surface area contributed by atoms with Gasteiger partial charge in [-0.25, -0.2) is 5.06 Å². The van der Waals surface area contributed by atoms with Crippen LogP contribution in [0.5, 0.6) is 0 Å². The van der Waals surface area contributed by atoms with Crippen LogP contribution in [0.1, 0.15) is 29.3 Å². The summed E-state index contributed by atoms with van der Waals surface area (Å²) in [6.45, 7) is 2.27. The highest BCUT2D eigenvalue weighted by molar-refractivity contribution is 6.07. The molecule has 2 amide bonds. The van der Waals surface area contributed by atoms with Gasteiger partial charge >= 0.3 is 0 Å². The quantitative estimate of drug-likeness (QED) is 0.842. The van der Waals surface area contributed by atoms with Crippen molar-refractivity contribution in [1.82, 2.24) is 10.4 Å². The lowest BCUT2D eigenvalue weighted by molar-refractivity contribution is -0.158. The van der Waals surface area contributed by atoms with E-state index in [2.05, 4.69) is 5.32 Å². The van der Waals surface area contributed by atoms with Gasteiger partial charge in [0, 0.05) is 5.39 Å². The molecule has 1 unspecified atom stereocenters. The Hall–Kier alpha value is -2.34. The minimum Gasteiger partial charge on any atom is -0.463 e. The summed E-state index contributed by atoms with van der Waals surface area (Å²) < 4.78 is 5.38. The first-order valence-electron chi connectivity index (χ1n) is 6.91. The van der Waals surface area contributed by atoms with Gasteiger partial charge in [-0.1, -0.05) is 13.0 Å². The number of nitrogens with one attached hydrogen (secondary N) is 1. The van der Waals surface area contributed by atoms with E-state index in [9.17, 15) is 14.8 Å². The van der Waals surface area contributed by atoms with E-state index in [1.54, 1.807) is 0 Å². The van der Waals surface area contributed by atoms with E-state index in [4.69, 9.17) is 4.42 Å². The molecule has 2 N–H and O–H groups in total. The van der Waals surface area contributed by atoms with Crippen molar-refractivity contribution >= 4 is 22.8 Å². The van der Waals surface area contributed by atoms with Crippen LogP contribution in [0, 0.1) is 0 Å². The normalized spacial score (nSPS) is 18.5. The molecular formula is C15H16N2O4. The molecule has 1 aliphatic rings. The second-order valence-corrected chi connectivity index (χ2v) is 5.11. The summed E-state index contributed by atoms with van der Waals surface area (Å²) in [5, 5.41) is 13.3. The lowest BCUT2D eigenvalue weighted by Gasteiger charge is -2.10. The van der Waals surface area contributed by atoms with E-state index in [0.29, 0.717) is 22.6 Å². The predicted molar refractivity (Wildman–Crippen MR) is 75.0 cm³/mol. The molecule has 0 saturated carbocycles. The first-order chi connectivity index (χ1) is 10.1. The van der Waals surface area contributed by atoms with Crippen LogP contribution in [0.4, 0.5) is 0 Å². The zero-order chi connectivity index (χ0) is 15.0. The predicted octanol–water partition coefficient (Wildman–Crippen LogP) is 1.72. The van der Waals surface area contributed by atoms with Gasteiger partial charge in [-0.15, -0.1) is 0 Å². The highest BCUT2D eigenvalue weighted by atomic mass is 16.5. The Morgan fingerprint density at radius 3 is 3.00 bits per heavy atom.